The molecule has 1 aromatic rings. The van der Waals surface area contributed by atoms with Crippen LogP contribution in [0.1, 0.15) is 37.2 Å². The highest BCUT2D eigenvalue weighted by atomic mass is 35.5. The molecule has 0 bridgehead atoms. The molecular weight excluding hydrogens is 264 g/mol. The zero-order valence-corrected chi connectivity index (χ0v) is 12.4. The first-order chi connectivity index (χ1) is 8.56. The molecule has 0 spiro atoms. The van der Waals surface area contributed by atoms with E-state index in [-0.39, 0.29) is 30.3 Å². The van der Waals surface area contributed by atoms with E-state index in [0.29, 0.717) is 6.54 Å². The third kappa shape index (κ3) is 4.25. The van der Waals surface area contributed by atoms with Crippen molar-refractivity contribution in [3.63, 3.8) is 0 Å². The number of carbonyl (C=O) groups is 1. The van der Waals surface area contributed by atoms with Crippen molar-refractivity contribution in [1.29, 1.82) is 0 Å². The van der Waals surface area contributed by atoms with E-state index >= 15 is 0 Å². The lowest BCUT2D eigenvalue weighted by molar-refractivity contribution is -0.136. The zero-order chi connectivity index (χ0) is 13.1. The molecule has 1 fully saturated rings. The van der Waals surface area contributed by atoms with Gasteiger partial charge in [0.2, 0.25) is 5.91 Å². The minimum Gasteiger partial charge on any atom is -0.464 e. The highest BCUT2D eigenvalue weighted by Crippen LogP contribution is 2.25. The number of aryl methyl sites for hydroxylation is 1. The van der Waals surface area contributed by atoms with Crippen LogP contribution in [0.3, 0.4) is 0 Å². The first kappa shape index (κ1) is 16.1. The fraction of sp³-hybridized carbons (Fsp3) is 0.643. The first-order valence-corrected chi connectivity index (χ1v) is 6.62. The maximum absolute atomic E-state index is 12.3. The van der Waals surface area contributed by atoms with Crippen LogP contribution in [-0.2, 0) is 11.3 Å². The Morgan fingerprint density at radius 1 is 1.47 bits per heavy atom. The molecule has 2 atom stereocenters. The molecule has 0 aromatic carbocycles. The van der Waals surface area contributed by atoms with Crippen LogP contribution in [0.4, 0.5) is 0 Å². The number of furan rings is 1. The third-order valence-electron chi connectivity index (χ3n) is 3.63. The molecule has 0 radical (unpaired) electrons. The predicted molar refractivity (Wildman–Crippen MR) is 77.1 cm³/mol. The summed E-state index contributed by atoms with van der Waals surface area (Å²) in [5, 5.41) is 0. The van der Waals surface area contributed by atoms with Crippen molar-refractivity contribution in [2.75, 3.05) is 7.05 Å². The molecule has 1 aliphatic rings. The fourth-order valence-corrected chi connectivity index (χ4v) is 2.65. The standard InChI is InChI=1S/C14H22N2O2.ClH/c1-10-6-7-13(18-10)9-16(2)14(17)11-4-3-5-12(15)8-11;/h6-7,11-12H,3-5,8-9,15H2,1-2H3;1H. The Labute approximate surface area is 120 Å². The highest BCUT2D eigenvalue weighted by Gasteiger charge is 2.27. The molecule has 2 N–H and O–H groups in total. The Kier molecular flexibility index (Phi) is 5.88. The Balaban J connectivity index is 0.00000180. The van der Waals surface area contributed by atoms with Gasteiger partial charge in [0.1, 0.15) is 11.5 Å². The Hall–Kier alpha value is -1.00. The normalized spacial score (nSPS) is 22.7. The van der Waals surface area contributed by atoms with Crippen molar-refractivity contribution in [3.05, 3.63) is 23.7 Å². The molecular formula is C14H23ClN2O2. The minimum atomic E-state index is 0. The van der Waals surface area contributed by atoms with E-state index in [0.717, 1.165) is 37.2 Å². The van der Waals surface area contributed by atoms with Gasteiger partial charge in [0.15, 0.2) is 0 Å². The van der Waals surface area contributed by atoms with E-state index in [2.05, 4.69) is 0 Å². The summed E-state index contributed by atoms with van der Waals surface area (Å²) in [7, 11) is 1.83. The van der Waals surface area contributed by atoms with Crippen LogP contribution in [0.25, 0.3) is 0 Å². The van der Waals surface area contributed by atoms with Gasteiger partial charge in [-0.05, 0) is 38.3 Å². The fourth-order valence-electron chi connectivity index (χ4n) is 2.65. The highest BCUT2D eigenvalue weighted by molar-refractivity contribution is 5.85. The van der Waals surface area contributed by atoms with Gasteiger partial charge in [-0.2, -0.15) is 0 Å². The second-order valence-electron chi connectivity index (χ2n) is 5.33. The van der Waals surface area contributed by atoms with E-state index in [4.69, 9.17) is 10.2 Å². The summed E-state index contributed by atoms with van der Waals surface area (Å²) in [6.45, 7) is 2.45. The molecule has 2 rings (SSSR count). The van der Waals surface area contributed by atoms with Crippen molar-refractivity contribution in [1.82, 2.24) is 4.90 Å². The molecule has 108 valence electrons. The average Bonchev–Trinajstić information content (AvgIpc) is 2.73. The van der Waals surface area contributed by atoms with Crippen molar-refractivity contribution in [2.24, 2.45) is 11.7 Å². The van der Waals surface area contributed by atoms with Gasteiger partial charge < -0.3 is 15.1 Å². The van der Waals surface area contributed by atoms with Gasteiger partial charge in [0.05, 0.1) is 6.54 Å². The summed E-state index contributed by atoms with van der Waals surface area (Å²) < 4.78 is 5.49. The van der Waals surface area contributed by atoms with Crippen LogP contribution in [0.5, 0.6) is 0 Å². The molecule has 1 aliphatic carbocycles. The zero-order valence-electron chi connectivity index (χ0n) is 11.6. The summed E-state index contributed by atoms with van der Waals surface area (Å²) in [4.78, 5) is 14.0. The molecule has 1 saturated carbocycles. The predicted octanol–water partition coefficient (Wildman–Crippen LogP) is 2.49. The van der Waals surface area contributed by atoms with Gasteiger partial charge in [-0.3, -0.25) is 4.79 Å². The summed E-state index contributed by atoms with van der Waals surface area (Å²) in [6, 6.07) is 4.03. The Morgan fingerprint density at radius 3 is 2.79 bits per heavy atom. The number of hydrogen-bond donors (Lipinski definition) is 1. The number of amides is 1. The van der Waals surface area contributed by atoms with Crippen LogP contribution in [0.2, 0.25) is 0 Å². The van der Waals surface area contributed by atoms with Crippen LogP contribution in [0, 0.1) is 12.8 Å². The lowest BCUT2D eigenvalue weighted by atomic mass is 9.85. The van der Waals surface area contributed by atoms with Gasteiger partial charge in [-0.1, -0.05) is 6.42 Å². The van der Waals surface area contributed by atoms with Crippen LogP contribution >= 0.6 is 12.4 Å². The van der Waals surface area contributed by atoms with E-state index in [1.165, 1.54) is 0 Å². The monoisotopic (exact) mass is 286 g/mol. The largest absolute Gasteiger partial charge is 0.464 e. The number of rotatable bonds is 3. The van der Waals surface area contributed by atoms with Crippen LogP contribution < -0.4 is 5.73 Å². The van der Waals surface area contributed by atoms with Crippen molar-refractivity contribution in [3.8, 4) is 0 Å². The third-order valence-corrected chi connectivity index (χ3v) is 3.63. The van der Waals surface area contributed by atoms with Crippen LogP contribution in [0.15, 0.2) is 16.5 Å². The first-order valence-electron chi connectivity index (χ1n) is 6.62. The second-order valence-corrected chi connectivity index (χ2v) is 5.33. The Bertz CT molecular complexity index is 419. The van der Waals surface area contributed by atoms with E-state index in [9.17, 15) is 4.79 Å². The lowest BCUT2D eigenvalue weighted by Crippen LogP contribution is -2.38. The molecule has 0 aliphatic heterocycles. The topological polar surface area (TPSA) is 59.5 Å². The van der Waals surface area contributed by atoms with Crippen LogP contribution in [-0.4, -0.2) is 23.9 Å². The second kappa shape index (κ2) is 6.96. The smallest absolute Gasteiger partial charge is 0.225 e. The molecule has 0 saturated heterocycles. The van der Waals surface area contributed by atoms with Crippen molar-refractivity contribution in [2.45, 2.75) is 45.2 Å². The number of halogens is 1. The molecule has 4 nitrogen and oxygen atoms in total. The maximum Gasteiger partial charge on any atom is 0.225 e. The van der Waals surface area contributed by atoms with Gasteiger partial charge in [0, 0.05) is 19.0 Å². The molecule has 1 aromatic heterocycles. The van der Waals surface area contributed by atoms with Gasteiger partial charge >= 0.3 is 0 Å². The number of nitrogens with two attached hydrogens (primary N) is 1. The summed E-state index contributed by atoms with van der Waals surface area (Å²) in [5.41, 5.74) is 5.93. The van der Waals surface area contributed by atoms with E-state index < -0.39 is 0 Å². The van der Waals surface area contributed by atoms with E-state index in [1.54, 1.807) is 4.90 Å². The molecule has 2 unspecified atom stereocenters. The summed E-state index contributed by atoms with van der Waals surface area (Å²) in [5.74, 6) is 2.00. The molecule has 19 heavy (non-hydrogen) atoms. The van der Waals surface area contributed by atoms with Gasteiger partial charge in [0.25, 0.3) is 0 Å². The van der Waals surface area contributed by atoms with Gasteiger partial charge in [-0.15, -0.1) is 12.4 Å². The Morgan fingerprint density at radius 2 is 2.21 bits per heavy atom. The lowest BCUT2D eigenvalue weighted by Gasteiger charge is -2.29. The maximum atomic E-state index is 12.3. The van der Waals surface area contributed by atoms with Crippen molar-refractivity contribution < 1.29 is 9.21 Å². The number of carbonyl (C=O) groups excluding carboxylic acids is 1. The average molecular weight is 287 g/mol. The molecule has 5 heteroatoms. The molecule has 1 heterocycles. The quantitative estimate of drug-likeness (QED) is 0.929. The number of hydrogen-bond acceptors (Lipinski definition) is 3. The van der Waals surface area contributed by atoms with Gasteiger partial charge in [-0.25, -0.2) is 0 Å². The van der Waals surface area contributed by atoms with E-state index in [1.807, 2.05) is 26.1 Å². The summed E-state index contributed by atoms with van der Waals surface area (Å²) in [6.07, 6.45) is 3.89. The number of nitrogens with zero attached hydrogens (tertiary/aromatic N) is 1. The van der Waals surface area contributed by atoms with Crippen molar-refractivity contribution >= 4 is 18.3 Å². The summed E-state index contributed by atoms with van der Waals surface area (Å²) >= 11 is 0. The SMILES string of the molecule is Cc1ccc(CN(C)C(=O)C2CCCC(N)C2)o1.Cl. The molecule has 1 amide bonds. The minimum absolute atomic E-state index is 0.